The molecule has 0 aliphatic carbocycles. The molecule has 7 heteroatoms. The van der Waals surface area contributed by atoms with Gasteiger partial charge in [-0.25, -0.2) is 9.97 Å². The lowest BCUT2D eigenvalue weighted by atomic mass is 10.2. The second-order valence-electron chi connectivity index (χ2n) is 4.52. The third-order valence-electron chi connectivity index (χ3n) is 2.76. The summed E-state index contributed by atoms with van der Waals surface area (Å²) in [4.78, 5) is 30.9. The number of anilines is 1. The van der Waals surface area contributed by atoms with E-state index < -0.39 is 0 Å². The van der Waals surface area contributed by atoms with Crippen molar-refractivity contribution < 1.29 is 9.59 Å². The lowest BCUT2D eigenvalue weighted by molar-refractivity contribution is -0.114. The highest BCUT2D eigenvalue weighted by Gasteiger charge is 2.07. The number of nitrogens with zero attached hydrogens (tertiary/aromatic N) is 3. The number of pyridine rings is 1. The average Bonchev–Trinajstić information content (AvgIpc) is 2.96. The van der Waals surface area contributed by atoms with E-state index in [4.69, 9.17) is 0 Å². The zero-order chi connectivity index (χ0) is 15.1. The molecular formula is C14H17N5O2. The smallest absolute Gasteiger partial charge is 0.251 e. The second-order valence-corrected chi connectivity index (χ2v) is 4.52. The fourth-order valence-corrected chi connectivity index (χ4v) is 1.81. The maximum Gasteiger partial charge on any atom is 0.251 e. The molecule has 2 aromatic rings. The Hall–Kier alpha value is -2.70. The standard InChI is InChI=1S/C14H17N5O2/c1-11(20)18-13-9-12(3-5-16-13)14(21)17-4-2-7-19-8-6-15-10-19/h3,5-6,8-10H,2,4,7H2,1H3,(H,17,21)(H,16,18,20). The van der Waals surface area contributed by atoms with E-state index in [0.29, 0.717) is 17.9 Å². The fraction of sp³-hybridized carbons (Fsp3) is 0.286. The molecule has 0 spiro atoms. The topological polar surface area (TPSA) is 88.9 Å². The molecule has 21 heavy (non-hydrogen) atoms. The van der Waals surface area contributed by atoms with Crippen LogP contribution < -0.4 is 10.6 Å². The van der Waals surface area contributed by atoms with Gasteiger partial charge < -0.3 is 15.2 Å². The van der Waals surface area contributed by atoms with E-state index in [-0.39, 0.29) is 11.8 Å². The first-order valence-electron chi connectivity index (χ1n) is 6.63. The summed E-state index contributed by atoms with van der Waals surface area (Å²) >= 11 is 0. The molecule has 2 N–H and O–H groups in total. The molecule has 0 saturated heterocycles. The van der Waals surface area contributed by atoms with Gasteiger partial charge in [-0.2, -0.15) is 0 Å². The summed E-state index contributed by atoms with van der Waals surface area (Å²) in [6.07, 6.45) is 7.64. The zero-order valence-electron chi connectivity index (χ0n) is 11.7. The van der Waals surface area contributed by atoms with Crippen molar-refractivity contribution in [2.45, 2.75) is 19.9 Å². The molecule has 0 bridgehead atoms. The number of aryl methyl sites for hydroxylation is 1. The minimum atomic E-state index is -0.222. The van der Waals surface area contributed by atoms with Crippen LogP contribution in [-0.2, 0) is 11.3 Å². The second kappa shape index (κ2) is 7.18. The van der Waals surface area contributed by atoms with Gasteiger partial charge in [0.2, 0.25) is 5.91 Å². The number of hydrogen-bond donors (Lipinski definition) is 2. The highest BCUT2D eigenvalue weighted by molar-refractivity contribution is 5.96. The molecule has 2 rings (SSSR count). The first-order chi connectivity index (χ1) is 10.1. The lowest BCUT2D eigenvalue weighted by Gasteiger charge is -2.07. The van der Waals surface area contributed by atoms with Crippen LogP contribution in [0.2, 0.25) is 0 Å². The van der Waals surface area contributed by atoms with Crippen molar-refractivity contribution in [3.8, 4) is 0 Å². The summed E-state index contributed by atoms with van der Waals surface area (Å²) in [6, 6.07) is 3.16. The summed E-state index contributed by atoms with van der Waals surface area (Å²) < 4.78 is 1.95. The molecule has 7 nitrogen and oxygen atoms in total. The average molecular weight is 287 g/mol. The van der Waals surface area contributed by atoms with Crippen molar-refractivity contribution in [3.05, 3.63) is 42.6 Å². The summed E-state index contributed by atoms with van der Waals surface area (Å²) in [5.74, 6) is -0.0383. The molecule has 0 aliphatic heterocycles. The van der Waals surface area contributed by atoms with Crippen LogP contribution in [0, 0.1) is 0 Å². The monoisotopic (exact) mass is 287 g/mol. The van der Waals surface area contributed by atoms with Gasteiger partial charge >= 0.3 is 0 Å². The van der Waals surface area contributed by atoms with Gasteiger partial charge in [0.1, 0.15) is 5.82 Å². The highest BCUT2D eigenvalue weighted by Crippen LogP contribution is 2.06. The van der Waals surface area contributed by atoms with Crippen LogP contribution in [-0.4, -0.2) is 32.9 Å². The van der Waals surface area contributed by atoms with E-state index in [1.807, 2.05) is 10.8 Å². The SMILES string of the molecule is CC(=O)Nc1cc(C(=O)NCCCn2ccnc2)ccn1. The summed E-state index contributed by atoms with van der Waals surface area (Å²) in [6.45, 7) is 2.76. The van der Waals surface area contributed by atoms with Crippen molar-refractivity contribution in [2.24, 2.45) is 0 Å². The summed E-state index contributed by atoms with van der Waals surface area (Å²) in [5, 5.41) is 5.37. The van der Waals surface area contributed by atoms with Crippen molar-refractivity contribution in [3.63, 3.8) is 0 Å². The van der Waals surface area contributed by atoms with E-state index in [1.54, 1.807) is 24.7 Å². The number of carbonyl (C=O) groups excluding carboxylic acids is 2. The minimum Gasteiger partial charge on any atom is -0.352 e. The summed E-state index contributed by atoms with van der Waals surface area (Å²) in [5.41, 5.74) is 0.469. The molecule has 0 aromatic carbocycles. The van der Waals surface area contributed by atoms with Gasteiger partial charge in [-0.3, -0.25) is 9.59 Å². The number of rotatable bonds is 6. The Morgan fingerprint density at radius 2 is 2.19 bits per heavy atom. The predicted octanol–water partition coefficient (Wildman–Crippen LogP) is 1.06. The molecule has 0 fully saturated rings. The van der Waals surface area contributed by atoms with Gasteiger partial charge in [-0.1, -0.05) is 0 Å². The number of carbonyl (C=O) groups is 2. The van der Waals surface area contributed by atoms with Crippen LogP contribution >= 0.6 is 0 Å². The van der Waals surface area contributed by atoms with Gasteiger partial charge in [0.15, 0.2) is 0 Å². The number of amides is 2. The van der Waals surface area contributed by atoms with E-state index in [0.717, 1.165) is 13.0 Å². The maximum absolute atomic E-state index is 12.0. The van der Waals surface area contributed by atoms with Gasteiger partial charge in [0.05, 0.1) is 6.33 Å². The number of imidazole rings is 1. The quantitative estimate of drug-likeness (QED) is 0.777. The van der Waals surface area contributed by atoms with Crippen LogP contribution in [0.15, 0.2) is 37.1 Å². The van der Waals surface area contributed by atoms with Gasteiger partial charge in [0, 0.05) is 44.2 Å². The molecule has 0 aliphatic rings. The van der Waals surface area contributed by atoms with E-state index in [2.05, 4.69) is 20.6 Å². The van der Waals surface area contributed by atoms with Crippen molar-refractivity contribution in [1.29, 1.82) is 0 Å². The highest BCUT2D eigenvalue weighted by atomic mass is 16.2. The third-order valence-corrected chi connectivity index (χ3v) is 2.76. The maximum atomic E-state index is 12.0. The van der Waals surface area contributed by atoms with Crippen LogP contribution in [0.4, 0.5) is 5.82 Å². The molecule has 2 amide bonds. The summed E-state index contributed by atoms with van der Waals surface area (Å²) in [7, 11) is 0. The Morgan fingerprint density at radius 3 is 2.90 bits per heavy atom. The van der Waals surface area contributed by atoms with E-state index in [9.17, 15) is 9.59 Å². The van der Waals surface area contributed by atoms with Gasteiger partial charge in [-0.05, 0) is 18.6 Å². The Bertz CT molecular complexity index is 610. The molecule has 0 atom stereocenters. The lowest BCUT2D eigenvalue weighted by Crippen LogP contribution is -2.25. The van der Waals surface area contributed by atoms with Crippen molar-refractivity contribution >= 4 is 17.6 Å². The first-order valence-corrected chi connectivity index (χ1v) is 6.63. The number of nitrogens with one attached hydrogen (secondary N) is 2. The molecule has 0 radical (unpaired) electrons. The van der Waals surface area contributed by atoms with E-state index in [1.165, 1.54) is 13.1 Å². The largest absolute Gasteiger partial charge is 0.352 e. The van der Waals surface area contributed by atoms with Gasteiger partial charge in [-0.15, -0.1) is 0 Å². The number of aromatic nitrogens is 3. The molecule has 0 unspecified atom stereocenters. The van der Waals surface area contributed by atoms with Crippen molar-refractivity contribution in [1.82, 2.24) is 19.9 Å². The third kappa shape index (κ3) is 4.72. The molecular weight excluding hydrogens is 270 g/mol. The molecule has 110 valence electrons. The van der Waals surface area contributed by atoms with Crippen LogP contribution in [0.3, 0.4) is 0 Å². The number of hydrogen-bond acceptors (Lipinski definition) is 4. The Morgan fingerprint density at radius 1 is 1.33 bits per heavy atom. The molecule has 2 aromatic heterocycles. The van der Waals surface area contributed by atoms with Crippen molar-refractivity contribution in [2.75, 3.05) is 11.9 Å². The van der Waals surface area contributed by atoms with Crippen LogP contribution in [0.25, 0.3) is 0 Å². The zero-order valence-corrected chi connectivity index (χ0v) is 11.7. The van der Waals surface area contributed by atoms with Gasteiger partial charge in [0.25, 0.3) is 5.91 Å². The predicted molar refractivity (Wildman–Crippen MR) is 77.7 cm³/mol. The Kier molecular flexibility index (Phi) is 5.03. The molecule has 0 saturated carbocycles. The Balaban J connectivity index is 1.81. The fourth-order valence-electron chi connectivity index (χ4n) is 1.81. The Labute approximate surface area is 122 Å². The normalized spacial score (nSPS) is 10.1. The first kappa shape index (κ1) is 14.7. The van der Waals surface area contributed by atoms with E-state index >= 15 is 0 Å². The minimum absolute atomic E-state index is 0.186. The van der Waals surface area contributed by atoms with Crippen LogP contribution in [0.5, 0.6) is 0 Å². The van der Waals surface area contributed by atoms with Crippen LogP contribution in [0.1, 0.15) is 23.7 Å². The molecule has 2 heterocycles.